The van der Waals surface area contributed by atoms with E-state index in [1.807, 2.05) is 31.4 Å². The monoisotopic (exact) mass is 348 g/mol. The van der Waals surface area contributed by atoms with Crippen LogP contribution in [0.1, 0.15) is 11.4 Å². The number of hydrogen-bond acceptors (Lipinski definition) is 6. The van der Waals surface area contributed by atoms with Gasteiger partial charge in [-0.1, -0.05) is 6.07 Å². The van der Waals surface area contributed by atoms with Gasteiger partial charge in [-0.05, 0) is 17.7 Å². The summed E-state index contributed by atoms with van der Waals surface area (Å²) in [6.45, 7) is 1.16. The molecule has 0 aliphatic carbocycles. The Bertz CT molecular complexity index is 1100. The molecule has 5 rings (SSSR count). The number of fused-ring (bicyclic) bond motifs is 2. The minimum Gasteiger partial charge on any atom is -0.486 e. The Morgan fingerprint density at radius 1 is 1.08 bits per heavy atom. The van der Waals surface area contributed by atoms with Gasteiger partial charge in [-0.25, -0.2) is 9.50 Å². The fourth-order valence-corrected chi connectivity index (χ4v) is 3.06. The summed E-state index contributed by atoms with van der Waals surface area (Å²) in [7, 11) is 1.88. The van der Waals surface area contributed by atoms with E-state index in [9.17, 15) is 0 Å². The van der Waals surface area contributed by atoms with Crippen molar-refractivity contribution in [1.82, 2.24) is 29.4 Å². The Morgan fingerprint density at radius 2 is 1.96 bits per heavy atom. The van der Waals surface area contributed by atoms with E-state index in [4.69, 9.17) is 9.47 Å². The zero-order valence-electron chi connectivity index (χ0n) is 14.2. The summed E-state index contributed by atoms with van der Waals surface area (Å²) in [6.07, 6.45) is 7.80. The quantitative estimate of drug-likeness (QED) is 0.562. The van der Waals surface area contributed by atoms with Gasteiger partial charge in [-0.3, -0.25) is 9.67 Å². The second kappa shape index (κ2) is 5.83. The van der Waals surface area contributed by atoms with Gasteiger partial charge < -0.3 is 9.47 Å². The molecule has 0 N–H and O–H groups in total. The molecule has 8 heteroatoms. The Balaban J connectivity index is 1.50. The number of hydrogen-bond donors (Lipinski definition) is 0. The van der Waals surface area contributed by atoms with E-state index in [0.29, 0.717) is 25.3 Å². The second-order valence-electron chi connectivity index (χ2n) is 6.15. The molecule has 1 aromatic carbocycles. The molecule has 130 valence electrons. The largest absolute Gasteiger partial charge is 0.486 e. The summed E-state index contributed by atoms with van der Waals surface area (Å²) in [5.74, 6) is 2.28. The van der Waals surface area contributed by atoms with Crippen LogP contribution in [0.4, 0.5) is 0 Å². The van der Waals surface area contributed by atoms with Crippen LogP contribution in [0.2, 0.25) is 0 Å². The average Bonchev–Trinajstić information content (AvgIpc) is 3.27. The zero-order chi connectivity index (χ0) is 17.5. The van der Waals surface area contributed by atoms with Crippen molar-refractivity contribution in [3.8, 4) is 22.8 Å². The van der Waals surface area contributed by atoms with Gasteiger partial charge in [-0.15, -0.1) is 0 Å². The lowest BCUT2D eigenvalue weighted by Crippen LogP contribution is -2.15. The predicted octanol–water partition coefficient (Wildman–Crippen LogP) is 1.89. The third-order valence-electron chi connectivity index (χ3n) is 4.26. The zero-order valence-corrected chi connectivity index (χ0v) is 14.2. The molecule has 0 amide bonds. The van der Waals surface area contributed by atoms with Crippen LogP contribution in [0.5, 0.6) is 11.5 Å². The van der Waals surface area contributed by atoms with Crippen LogP contribution < -0.4 is 9.47 Å². The van der Waals surface area contributed by atoms with Crippen LogP contribution in [0, 0.1) is 0 Å². The van der Waals surface area contributed by atoms with Gasteiger partial charge in [0, 0.05) is 25.2 Å². The van der Waals surface area contributed by atoms with Gasteiger partial charge in [0.15, 0.2) is 23.0 Å². The van der Waals surface area contributed by atoms with Crippen molar-refractivity contribution in [2.45, 2.75) is 6.42 Å². The summed E-state index contributed by atoms with van der Waals surface area (Å²) in [5, 5.41) is 8.88. The molecule has 8 nitrogen and oxygen atoms in total. The molecular weight excluding hydrogens is 332 g/mol. The molecule has 3 aromatic heterocycles. The smallest absolute Gasteiger partial charge is 0.174 e. The van der Waals surface area contributed by atoms with Crippen molar-refractivity contribution in [3.63, 3.8) is 0 Å². The van der Waals surface area contributed by atoms with Crippen LogP contribution >= 0.6 is 0 Å². The number of rotatable bonds is 3. The molecule has 0 unspecified atom stereocenters. The lowest BCUT2D eigenvalue weighted by Gasteiger charge is -2.18. The fourth-order valence-electron chi connectivity index (χ4n) is 3.06. The summed E-state index contributed by atoms with van der Waals surface area (Å²) in [4.78, 5) is 8.88. The molecular formula is C18H16N6O2. The minimum absolute atomic E-state index is 0.573. The lowest BCUT2D eigenvalue weighted by atomic mass is 10.1. The first kappa shape index (κ1) is 14.9. The summed E-state index contributed by atoms with van der Waals surface area (Å²) >= 11 is 0. The molecule has 0 radical (unpaired) electrons. The van der Waals surface area contributed by atoms with Crippen molar-refractivity contribution in [2.75, 3.05) is 13.2 Å². The Kier molecular flexibility index (Phi) is 3.34. The molecule has 26 heavy (non-hydrogen) atoms. The third-order valence-corrected chi connectivity index (χ3v) is 4.26. The fraction of sp³-hybridized carbons (Fsp3) is 0.222. The van der Waals surface area contributed by atoms with E-state index in [-0.39, 0.29) is 0 Å². The van der Waals surface area contributed by atoms with Crippen LogP contribution in [-0.4, -0.2) is 42.6 Å². The first-order valence-electron chi connectivity index (χ1n) is 8.33. The van der Waals surface area contributed by atoms with Crippen molar-refractivity contribution in [2.24, 2.45) is 7.05 Å². The van der Waals surface area contributed by atoms with Crippen molar-refractivity contribution < 1.29 is 9.47 Å². The second-order valence-corrected chi connectivity index (χ2v) is 6.15. The maximum Gasteiger partial charge on any atom is 0.174 e. The highest BCUT2D eigenvalue weighted by atomic mass is 16.6. The predicted molar refractivity (Wildman–Crippen MR) is 93.2 cm³/mol. The average molecular weight is 348 g/mol. The molecule has 0 saturated carbocycles. The van der Waals surface area contributed by atoms with Gasteiger partial charge >= 0.3 is 0 Å². The van der Waals surface area contributed by atoms with E-state index in [2.05, 4.69) is 20.2 Å². The molecule has 4 heterocycles. The topological polar surface area (TPSA) is 79.4 Å². The van der Waals surface area contributed by atoms with Crippen molar-refractivity contribution in [1.29, 1.82) is 0 Å². The molecule has 1 aliphatic rings. The Labute approximate surface area is 149 Å². The molecule has 4 aromatic rings. The van der Waals surface area contributed by atoms with Crippen LogP contribution in [-0.2, 0) is 13.5 Å². The number of aryl methyl sites for hydroxylation is 1. The summed E-state index contributed by atoms with van der Waals surface area (Å²) in [5.41, 5.74) is 3.58. The number of nitrogens with zero attached hydrogens (tertiary/aromatic N) is 6. The van der Waals surface area contributed by atoms with Crippen LogP contribution in [0.3, 0.4) is 0 Å². The maximum atomic E-state index is 5.65. The minimum atomic E-state index is 0.573. The third kappa shape index (κ3) is 2.55. The van der Waals surface area contributed by atoms with Gasteiger partial charge in [0.2, 0.25) is 0 Å². The van der Waals surface area contributed by atoms with E-state index in [0.717, 1.165) is 34.1 Å². The number of benzene rings is 1. The first-order chi connectivity index (χ1) is 12.8. The first-order valence-corrected chi connectivity index (χ1v) is 8.33. The Hall–Kier alpha value is -3.42. The van der Waals surface area contributed by atoms with Crippen molar-refractivity contribution >= 4 is 5.65 Å². The van der Waals surface area contributed by atoms with E-state index in [1.54, 1.807) is 27.8 Å². The highest BCUT2D eigenvalue weighted by Crippen LogP contribution is 2.31. The van der Waals surface area contributed by atoms with E-state index in [1.165, 1.54) is 0 Å². The molecule has 0 atom stereocenters. The molecule has 0 spiro atoms. The molecule has 0 bridgehead atoms. The molecule has 1 aliphatic heterocycles. The van der Waals surface area contributed by atoms with E-state index >= 15 is 0 Å². The number of aromatic nitrogens is 6. The molecule has 0 fully saturated rings. The van der Waals surface area contributed by atoms with Crippen LogP contribution in [0.15, 0.2) is 43.0 Å². The lowest BCUT2D eigenvalue weighted by molar-refractivity contribution is 0.171. The summed E-state index contributed by atoms with van der Waals surface area (Å²) < 4.78 is 14.8. The van der Waals surface area contributed by atoms with Gasteiger partial charge in [0.05, 0.1) is 24.3 Å². The SMILES string of the molecule is Cn1cc(-c2cncc3nc(Cc4ccc5c(c4)OCCO5)nn23)cn1. The maximum absolute atomic E-state index is 5.65. The summed E-state index contributed by atoms with van der Waals surface area (Å²) in [6, 6.07) is 5.93. The normalized spacial score (nSPS) is 13.3. The van der Waals surface area contributed by atoms with E-state index < -0.39 is 0 Å². The standard InChI is InChI=1S/C18H16N6O2/c1-23-11-13(8-20-23)14-9-19-10-18-21-17(22-24(14)18)7-12-2-3-15-16(6-12)26-5-4-25-15/h2-3,6,8-11H,4-5,7H2,1H3. The highest BCUT2D eigenvalue weighted by molar-refractivity contribution is 5.59. The van der Waals surface area contributed by atoms with Crippen molar-refractivity contribution in [3.05, 3.63) is 54.4 Å². The van der Waals surface area contributed by atoms with Gasteiger partial charge in [0.1, 0.15) is 13.2 Å². The van der Waals surface area contributed by atoms with Gasteiger partial charge in [0.25, 0.3) is 0 Å². The van der Waals surface area contributed by atoms with Crippen LogP contribution in [0.25, 0.3) is 16.9 Å². The highest BCUT2D eigenvalue weighted by Gasteiger charge is 2.14. The Morgan fingerprint density at radius 3 is 2.81 bits per heavy atom. The van der Waals surface area contributed by atoms with Gasteiger partial charge in [-0.2, -0.15) is 10.2 Å². The molecule has 0 saturated heterocycles. The number of ether oxygens (including phenoxy) is 2.